The summed E-state index contributed by atoms with van der Waals surface area (Å²) in [7, 11) is 0. The van der Waals surface area contributed by atoms with Gasteiger partial charge in [0.2, 0.25) is 0 Å². The zero-order chi connectivity index (χ0) is 8.43. The SMILES string of the molecule is Cc1cc(C(C)Br)ccc1Cl. The van der Waals surface area contributed by atoms with Gasteiger partial charge in [0.15, 0.2) is 0 Å². The summed E-state index contributed by atoms with van der Waals surface area (Å²) in [4.78, 5) is 0.401. The lowest BCUT2D eigenvalue weighted by molar-refractivity contribution is 1.12. The molecule has 2 heteroatoms. The van der Waals surface area contributed by atoms with Crippen LogP contribution < -0.4 is 0 Å². The molecular weight excluding hydrogens is 223 g/mol. The Morgan fingerprint density at radius 3 is 2.55 bits per heavy atom. The van der Waals surface area contributed by atoms with E-state index in [0.29, 0.717) is 4.83 Å². The molecule has 11 heavy (non-hydrogen) atoms. The van der Waals surface area contributed by atoms with Crippen LogP contribution in [-0.2, 0) is 0 Å². The second-order valence-electron chi connectivity index (χ2n) is 2.62. The zero-order valence-electron chi connectivity index (χ0n) is 6.57. The molecule has 1 aromatic rings. The highest BCUT2D eigenvalue weighted by atomic mass is 79.9. The highest BCUT2D eigenvalue weighted by Crippen LogP contribution is 2.25. The van der Waals surface area contributed by atoms with Crippen molar-refractivity contribution in [1.82, 2.24) is 0 Å². The monoisotopic (exact) mass is 232 g/mol. The van der Waals surface area contributed by atoms with Crippen LogP contribution in [-0.4, -0.2) is 0 Å². The first-order valence-corrected chi connectivity index (χ1v) is 4.80. The second kappa shape index (κ2) is 3.59. The van der Waals surface area contributed by atoms with Gasteiger partial charge in [0.25, 0.3) is 0 Å². The van der Waals surface area contributed by atoms with Crippen molar-refractivity contribution in [2.75, 3.05) is 0 Å². The lowest BCUT2D eigenvalue weighted by Crippen LogP contribution is -1.84. The van der Waals surface area contributed by atoms with Crippen molar-refractivity contribution in [2.24, 2.45) is 0 Å². The third-order valence-corrected chi connectivity index (χ3v) is 2.59. The molecule has 1 atom stereocenters. The van der Waals surface area contributed by atoms with E-state index < -0.39 is 0 Å². The molecule has 0 aliphatic carbocycles. The Morgan fingerprint density at radius 2 is 2.09 bits per heavy atom. The third-order valence-electron chi connectivity index (χ3n) is 1.64. The fourth-order valence-electron chi connectivity index (χ4n) is 0.915. The lowest BCUT2D eigenvalue weighted by Gasteiger charge is -2.05. The van der Waals surface area contributed by atoms with Gasteiger partial charge in [0.1, 0.15) is 0 Å². The van der Waals surface area contributed by atoms with Gasteiger partial charge in [-0.05, 0) is 31.0 Å². The minimum absolute atomic E-state index is 0.401. The fourth-order valence-corrected chi connectivity index (χ4v) is 1.32. The molecule has 0 saturated carbocycles. The highest BCUT2D eigenvalue weighted by molar-refractivity contribution is 9.09. The molecule has 1 unspecified atom stereocenters. The summed E-state index contributed by atoms with van der Waals surface area (Å²) in [5.74, 6) is 0. The van der Waals surface area contributed by atoms with E-state index in [1.165, 1.54) is 5.56 Å². The number of hydrogen-bond donors (Lipinski definition) is 0. The van der Waals surface area contributed by atoms with Crippen LogP contribution in [0.2, 0.25) is 5.02 Å². The van der Waals surface area contributed by atoms with Gasteiger partial charge < -0.3 is 0 Å². The van der Waals surface area contributed by atoms with Gasteiger partial charge in [0.05, 0.1) is 0 Å². The molecule has 0 radical (unpaired) electrons. The smallest absolute Gasteiger partial charge is 0.0435 e. The van der Waals surface area contributed by atoms with E-state index in [0.717, 1.165) is 10.6 Å². The van der Waals surface area contributed by atoms with E-state index in [1.54, 1.807) is 0 Å². The molecule has 0 aliphatic heterocycles. The number of halogens is 2. The number of hydrogen-bond acceptors (Lipinski definition) is 0. The van der Waals surface area contributed by atoms with Crippen LogP contribution in [0.4, 0.5) is 0 Å². The summed E-state index contributed by atoms with van der Waals surface area (Å²) >= 11 is 9.37. The molecular formula is C9H10BrCl. The highest BCUT2D eigenvalue weighted by Gasteiger charge is 2.01. The average Bonchev–Trinajstić information content (AvgIpc) is 1.94. The molecule has 0 spiro atoms. The maximum atomic E-state index is 5.87. The fraction of sp³-hybridized carbons (Fsp3) is 0.333. The van der Waals surface area contributed by atoms with Crippen LogP contribution in [0.1, 0.15) is 22.9 Å². The van der Waals surface area contributed by atoms with E-state index in [9.17, 15) is 0 Å². The van der Waals surface area contributed by atoms with Gasteiger partial charge in [-0.1, -0.05) is 39.7 Å². The molecule has 0 amide bonds. The van der Waals surface area contributed by atoms with E-state index >= 15 is 0 Å². The van der Waals surface area contributed by atoms with Gasteiger partial charge in [-0.3, -0.25) is 0 Å². The normalized spacial score (nSPS) is 13.1. The average molecular weight is 234 g/mol. The molecule has 60 valence electrons. The van der Waals surface area contributed by atoms with Gasteiger partial charge in [-0.15, -0.1) is 0 Å². The van der Waals surface area contributed by atoms with E-state index in [2.05, 4.69) is 28.9 Å². The summed E-state index contributed by atoms with van der Waals surface area (Å²) < 4.78 is 0. The second-order valence-corrected chi connectivity index (χ2v) is 4.41. The number of benzene rings is 1. The van der Waals surface area contributed by atoms with Crippen LogP contribution in [0.25, 0.3) is 0 Å². The minimum atomic E-state index is 0.401. The van der Waals surface area contributed by atoms with Crippen molar-refractivity contribution >= 4 is 27.5 Å². The maximum absolute atomic E-state index is 5.87. The number of alkyl halides is 1. The maximum Gasteiger partial charge on any atom is 0.0435 e. The van der Waals surface area contributed by atoms with Gasteiger partial charge in [-0.25, -0.2) is 0 Å². The Labute approximate surface area is 80.7 Å². The summed E-state index contributed by atoms with van der Waals surface area (Å²) in [5, 5.41) is 0.835. The molecule has 0 saturated heterocycles. The first kappa shape index (κ1) is 9.08. The molecule has 0 fully saturated rings. The van der Waals surface area contributed by atoms with Gasteiger partial charge in [-0.2, -0.15) is 0 Å². The Balaban J connectivity index is 3.05. The zero-order valence-corrected chi connectivity index (χ0v) is 8.91. The van der Waals surface area contributed by atoms with E-state index in [1.807, 2.05) is 19.1 Å². The third kappa shape index (κ3) is 2.21. The molecule has 1 aromatic carbocycles. The van der Waals surface area contributed by atoms with Crippen molar-refractivity contribution in [3.63, 3.8) is 0 Å². The Morgan fingerprint density at radius 1 is 1.45 bits per heavy atom. The largest absolute Gasteiger partial charge is 0.0842 e. The number of rotatable bonds is 1. The molecule has 0 nitrogen and oxygen atoms in total. The molecule has 0 N–H and O–H groups in total. The molecule has 0 aromatic heterocycles. The Hall–Kier alpha value is -0.0100. The molecule has 0 aliphatic rings. The standard InChI is InChI=1S/C9H10BrCl/c1-6-5-8(7(2)10)3-4-9(6)11/h3-5,7H,1-2H3. The predicted octanol–water partition coefficient (Wildman–Crippen LogP) is 4.10. The van der Waals surface area contributed by atoms with Gasteiger partial charge >= 0.3 is 0 Å². The Kier molecular flexibility index (Phi) is 2.97. The van der Waals surface area contributed by atoms with Crippen LogP contribution in [0.15, 0.2) is 18.2 Å². The summed E-state index contributed by atoms with van der Waals surface area (Å²) in [5.41, 5.74) is 2.40. The van der Waals surface area contributed by atoms with Crippen molar-refractivity contribution in [2.45, 2.75) is 18.7 Å². The van der Waals surface area contributed by atoms with Crippen molar-refractivity contribution < 1.29 is 0 Å². The topological polar surface area (TPSA) is 0 Å². The van der Waals surface area contributed by atoms with E-state index in [-0.39, 0.29) is 0 Å². The van der Waals surface area contributed by atoms with Crippen molar-refractivity contribution in [1.29, 1.82) is 0 Å². The quantitative estimate of drug-likeness (QED) is 0.641. The summed E-state index contributed by atoms with van der Waals surface area (Å²) in [6, 6.07) is 6.07. The summed E-state index contributed by atoms with van der Waals surface area (Å²) in [6.07, 6.45) is 0. The number of aryl methyl sites for hydroxylation is 1. The first-order valence-electron chi connectivity index (χ1n) is 3.51. The van der Waals surface area contributed by atoms with Crippen LogP contribution in [0.5, 0.6) is 0 Å². The van der Waals surface area contributed by atoms with Crippen molar-refractivity contribution in [3.8, 4) is 0 Å². The molecule has 0 heterocycles. The molecule has 1 rings (SSSR count). The summed E-state index contributed by atoms with van der Waals surface area (Å²) in [6.45, 7) is 4.11. The van der Waals surface area contributed by atoms with Gasteiger partial charge in [0, 0.05) is 9.85 Å². The van der Waals surface area contributed by atoms with Crippen LogP contribution in [0, 0.1) is 6.92 Å². The van der Waals surface area contributed by atoms with E-state index in [4.69, 9.17) is 11.6 Å². The predicted molar refractivity (Wildman–Crippen MR) is 53.5 cm³/mol. The minimum Gasteiger partial charge on any atom is -0.0842 e. The van der Waals surface area contributed by atoms with Crippen LogP contribution in [0.3, 0.4) is 0 Å². The first-order chi connectivity index (χ1) is 5.11. The van der Waals surface area contributed by atoms with Crippen LogP contribution >= 0.6 is 27.5 Å². The van der Waals surface area contributed by atoms with Crippen molar-refractivity contribution in [3.05, 3.63) is 34.3 Å². The lowest BCUT2D eigenvalue weighted by atomic mass is 10.1. The molecule has 0 bridgehead atoms. The Bertz CT molecular complexity index is 256.